The molecule has 2 N–H and O–H groups in total. The van der Waals surface area contributed by atoms with E-state index in [0.717, 1.165) is 22.2 Å². The average molecular weight is 423 g/mol. The number of halogens is 1. The van der Waals surface area contributed by atoms with Crippen LogP contribution in [-0.4, -0.2) is 40.1 Å². The van der Waals surface area contributed by atoms with Gasteiger partial charge >= 0.3 is 5.97 Å². The molecule has 7 nitrogen and oxygen atoms in total. The Labute approximate surface area is 167 Å². The molecule has 2 aromatic carbocycles. The van der Waals surface area contributed by atoms with Crippen LogP contribution in [0.5, 0.6) is 5.75 Å². The van der Waals surface area contributed by atoms with Gasteiger partial charge in [-0.3, -0.25) is 0 Å². The molecule has 3 rings (SSSR count). The van der Waals surface area contributed by atoms with Crippen LogP contribution in [0.3, 0.4) is 0 Å². The van der Waals surface area contributed by atoms with Gasteiger partial charge in [0.1, 0.15) is 10.6 Å². The number of hydrogen-bond acceptors (Lipinski definition) is 5. The zero-order valence-electron chi connectivity index (χ0n) is 15.3. The molecule has 0 aliphatic carbocycles. The van der Waals surface area contributed by atoms with Gasteiger partial charge in [-0.1, -0.05) is 11.6 Å². The van der Waals surface area contributed by atoms with E-state index in [1.54, 1.807) is 7.11 Å². The predicted octanol–water partition coefficient (Wildman–Crippen LogP) is 3.14. The summed E-state index contributed by atoms with van der Waals surface area (Å²) in [4.78, 5) is 14.6. The van der Waals surface area contributed by atoms with Crippen LogP contribution in [0.4, 0.5) is 0 Å². The number of benzene rings is 2. The fourth-order valence-electron chi connectivity index (χ4n) is 2.85. The summed E-state index contributed by atoms with van der Waals surface area (Å²) >= 11 is 6.06. The first kappa shape index (κ1) is 20.2. The smallest absolute Gasteiger partial charge is 0.337 e. The number of carbonyl (C=O) groups is 1. The van der Waals surface area contributed by atoms with Crippen molar-refractivity contribution in [2.75, 3.05) is 20.8 Å². The maximum absolute atomic E-state index is 12.6. The minimum absolute atomic E-state index is 0.0489. The second-order valence-corrected chi connectivity index (χ2v) is 8.15. The molecule has 3 aromatic rings. The molecule has 0 saturated carbocycles. The van der Waals surface area contributed by atoms with Crippen molar-refractivity contribution in [3.8, 4) is 5.75 Å². The summed E-state index contributed by atoms with van der Waals surface area (Å²) in [5.41, 5.74) is 2.09. The highest BCUT2D eigenvalue weighted by atomic mass is 35.5. The summed E-state index contributed by atoms with van der Waals surface area (Å²) < 4.78 is 37.5. The Morgan fingerprint density at radius 2 is 1.96 bits per heavy atom. The van der Waals surface area contributed by atoms with Gasteiger partial charge in [0.05, 0.1) is 24.8 Å². The number of methoxy groups -OCH3 is 2. The van der Waals surface area contributed by atoms with Gasteiger partial charge in [0, 0.05) is 23.6 Å². The van der Waals surface area contributed by atoms with Crippen LogP contribution in [0.25, 0.3) is 10.9 Å². The molecular formula is C19H19ClN2O5S. The largest absolute Gasteiger partial charge is 0.497 e. The number of H-pyrrole nitrogens is 1. The first-order valence-electron chi connectivity index (χ1n) is 8.37. The first-order chi connectivity index (χ1) is 13.4. The molecule has 0 fully saturated rings. The highest BCUT2D eigenvalue weighted by Crippen LogP contribution is 2.25. The normalized spacial score (nSPS) is 11.5. The number of carbonyl (C=O) groups excluding carboxylic acids is 1. The van der Waals surface area contributed by atoms with Gasteiger partial charge in [0.2, 0.25) is 10.0 Å². The van der Waals surface area contributed by atoms with Crippen molar-refractivity contribution in [1.82, 2.24) is 9.71 Å². The van der Waals surface area contributed by atoms with Crippen molar-refractivity contribution < 1.29 is 22.7 Å². The molecule has 9 heteroatoms. The Kier molecular flexibility index (Phi) is 5.93. The van der Waals surface area contributed by atoms with Crippen LogP contribution in [0, 0.1) is 0 Å². The van der Waals surface area contributed by atoms with Crippen LogP contribution in [0.15, 0.2) is 47.5 Å². The number of nitrogens with one attached hydrogen (secondary N) is 2. The third kappa shape index (κ3) is 4.14. The van der Waals surface area contributed by atoms with Gasteiger partial charge in [-0.05, 0) is 48.4 Å². The molecule has 0 aliphatic heterocycles. The monoisotopic (exact) mass is 422 g/mol. The van der Waals surface area contributed by atoms with E-state index >= 15 is 0 Å². The van der Waals surface area contributed by atoms with E-state index < -0.39 is 16.0 Å². The van der Waals surface area contributed by atoms with E-state index in [-0.39, 0.29) is 22.0 Å². The average Bonchev–Trinajstić information content (AvgIpc) is 3.09. The second kappa shape index (κ2) is 8.22. The minimum Gasteiger partial charge on any atom is -0.497 e. The minimum atomic E-state index is -3.83. The van der Waals surface area contributed by atoms with Gasteiger partial charge in [-0.15, -0.1) is 0 Å². The quantitative estimate of drug-likeness (QED) is 0.570. The molecular weight excluding hydrogens is 404 g/mol. The third-order valence-corrected chi connectivity index (χ3v) is 6.25. The summed E-state index contributed by atoms with van der Waals surface area (Å²) in [6.07, 6.45) is 2.32. The van der Waals surface area contributed by atoms with E-state index in [4.69, 9.17) is 16.3 Å². The van der Waals surface area contributed by atoms with Gasteiger partial charge in [-0.2, -0.15) is 0 Å². The summed E-state index contributed by atoms with van der Waals surface area (Å²) in [6.45, 7) is 0.182. The van der Waals surface area contributed by atoms with Crippen LogP contribution in [-0.2, 0) is 21.2 Å². The van der Waals surface area contributed by atoms with E-state index in [1.807, 2.05) is 24.4 Å². The molecule has 1 heterocycles. The van der Waals surface area contributed by atoms with Gasteiger partial charge < -0.3 is 14.5 Å². The second-order valence-electron chi connectivity index (χ2n) is 6.01. The van der Waals surface area contributed by atoms with Gasteiger partial charge in [0.15, 0.2) is 0 Å². The fourth-order valence-corrected chi connectivity index (χ4v) is 4.43. The van der Waals surface area contributed by atoms with Crippen molar-refractivity contribution in [2.24, 2.45) is 0 Å². The third-order valence-electron chi connectivity index (χ3n) is 4.30. The van der Waals surface area contributed by atoms with Crippen LogP contribution < -0.4 is 9.46 Å². The number of fused-ring (bicyclic) bond motifs is 1. The van der Waals surface area contributed by atoms with Crippen molar-refractivity contribution in [3.63, 3.8) is 0 Å². The Bertz CT molecular complexity index is 1120. The van der Waals surface area contributed by atoms with Crippen molar-refractivity contribution in [1.29, 1.82) is 0 Å². The van der Waals surface area contributed by atoms with Crippen molar-refractivity contribution >= 4 is 38.5 Å². The summed E-state index contributed by atoms with van der Waals surface area (Å²) in [5.74, 6) is 0.139. The topological polar surface area (TPSA) is 97.5 Å². The Morgan fingerprint density at radius 1 is 1.18 bits per heavy atom. The number of ether oxygens (including phenoxy) is 2. The first-order valence-corrected chi connectivity index (χ1v) is 10.2. The maximum atomic E-state index is 12.6. The van der Waals surface area contributed by atoms with E-state index in [9.17, 15) is 13.2 Å². The number of sulfonamides is 1. The number of aromatic nitrogens is 1. The molecule has 0 unspecified atom stereocenters. The lowest BCUT2D eigenvalue weighted by Gasteiger charge is -2.09. The molecule has 0 radical (unpaired) electrons. The van der Waals surface area contributed by atoms with Crippen LogP contribution in [0.1, 0.15) is 15.9 Å². The number of esters is 1. The summed E-state index contributed by atoms with van der Waals surface area (Å²) in [5, 5.41) is 0.922. The Morgan fingerprint density at radius 3 is 2.64 bits per heavy atom. The molecule has 28 heavy (non-hydrogen) atoms. The lowest BCUT2D eigenvalue weighted by molar-refractivity contribution is 0.0600. The SMILES string of the molecule is COC(=O)c1ccc(S(=O)(=O)NCCc2c[nH]c3ccc(OC)cc23)c(Cl)c1. The molecule has 148 valence electrons. The maximum Gasteiger partial charge on any atom is 0.337 e. The fraction of sp³-hybridized carbons (Fsp3) is 0.211. The van der Waals surface area contributed by atoms with E-state index in [0.29, 0.717) is 6.42 Å². The number of hydrogen-bond donors (Lipinski definition) is 2. The van der Waals surface area contributed by atoms with Crippen LogP contribution >= 0.6 is 11.6 Å². The van der Waals surface area contributed by atoms with Gasteiger partial charge in [0.25, 0.3) is 0 Å². The Hall–Kier alpha value is -2.55. The van der Waals surface area contributed by atoms with E-state index in [2.05, 4.69) is 14.4 Å². The van der Waals surface area contributed by atoms with Crippen LogP contribution in [0.2, 0.25) is 5.02 Å². The molecule has 0 saturated heterocycles. The van der Waals surface area contributed by atoms with Crippen molar-refractivity contribution in [2.45, 2.75) is 11.3 Å². The lowest BCUT2D eigenvalue weighted by Crippen LogP contribution is -2.26. The number of aromatic amines is 1. The lowest BCUT2D eigenvalue weighted by atomic mass is 10.1. The molecule has 0 spiro atoms. The zero-order chi connectivity index (χ0) is 20.3. The van der Waals surface area contributed by atoms with E-state index in [1.165, 1.54) is 25.3 Å². The molecule has 0 atom stereocenters. The highest BCUT2D eigenvalue weighted by Gasteiger charge is 2.19. The van der Waals surface area contributed by atoms with Crippen molar-refractivity contribution in [3.05, 3.63) is 58.7 Å². The predicted molar refractivity (Wildman–Crippen MR) is 107 cm³/mol. The summed E-state index contributed by atoms with van der Waals surface area (Å²) in [7, 11) is -0.995. The molecule has 0 bridgehead atoms. The summed E-state index contributed by atoms with van der Waals surface area (Å²) in [6, 6.07) is 9.58. The molecule has 0 amide bonds. The number of rotatable bonds is 7. The highest BCUT2D eigenvalue weighted by molar-refractivity contribution is 7.89. The standard InChI is InChI=1S/C19H19ClN2O5S/c1-26-14-4-5-17-15(10-14)13(11-21-17)7-8-22-28(24,25)18-6-3-12(9-16(18)20)19(23)27-2/h3-6,9-11,21-22H,7-8H2,1-2H3. The zero-order valence-corrected chi connectivity index (χ0v) is 16.9. The Balaban J connectivity index is 1.73. The molecule has 1 aromatic heterocycles. The molecule has 0 aliphatic rings. The van der Waals surface area contributed by atoms with Gasteiger partial charge in [-0.25, -0.2) is 17.9 Å².